The second-order valence-corrected chi connectivity index (χ2v) is 7.85. The minimum absolute atomic E-state index is 0.146. The fraction of sp³-hybridized carbons (Fsp3) is 0.750. The second-order valence-electron chi connectivity index (χ2n) is 5.36. The van der Waals surface area contributed by atoms with E-state index in [2.05, 4.69) is 53.7 Å². The highest BCUT2D eigenvalue weighted by molar-refractivity contribution is 9.11. The van der Waals surface area contributed by atoms with Crippen LogP contribution >= 0.6 is 27.3 Å². The number of rotatable bonds is 10. The molecule has 122 valence electrons. The Labute approximate surface area is 142 Å². The summed E-state index contributed by atoms with van der Waals surface area (Å²) in [6.45, 7) is 8.36. The van der Waals surface area contributed by atoms with Crippen molar-refractivity contribution in [3.05, 3.63) is 20.8 Å². The van der Waals surface area contributed by atoms with Crippen LogP contribution in [0.4, 0.5) is 0 Å². The minimum Gasteiger partial charge on any atom is -0.383 e. The van der Waals surface area contributed by atoms with Crippen molar-refractivity contribution in [1.29, 1.82) is 0 Å². The average molecular weight is 377 g/mol. The zero-order valence-corrected chi connectivity index (χ0v) is 16.0. The third-order valence-corrected chi connectivity index (χ3v) is 5.78. The highest BCUT2D eigenvalue weighted by Gasteiger charge is 2.30. The lowest BCUT2D eigenvalue weighted by Crippen LogP contribution is -2.46. The molecule has 0 saturated heterocycles. The summed E-state index contributed by atoms with van der Waals surface area (Å²) in [7, 11) is 1.77. The van der Waals surface area contributed by atoms with Crippen molar-refractivity contribution in [2.24, 2.45) is 5.73 Å². The van der Waals surface area contributed by atoms with Crippen LogP contribution in [-0.4, -0.2) is 37.2 Å². The van der Waals surface area contributed by atoms with E-state index < -0.39 is 0 Å². The van der Waals surface area contributed by atoms with Gasteiger partial charge in [0.1, 0.15) is 0 Å². The fourth-order valence-corrected chi connectivity index (χ4v) is 4.46. The quantitative estimate of drug-likeness (QED) is 0.656. The topological polar surface area (TPSA) is 38.5 Å². The highest BCUT2D eigenvalue weighted by atomic mass is 79.9. The summed E-state index contributed by atoms with van der Waals surface area (Å²) in [5, 5.41) is 0. The monoisotopic (exact) mass is 376 g/mol. The zero-order valence-electron chi connectivity index (χ0n) is 13.6. The first-order chi connectivity index (χ1) is 10.1. The maximum Gasteiger partial charge on any atom is 0.0702 e. The van der Waals surface area contributed by atoms with Gasteiger partial charge in [0.25, 0.3) is 0 Å². The number of thiophene rings is 1. The predicted molar refractivity (Wildman–Crippen MR) is 96.0 cm³/mol. The normalized spacial score (nSPS) is 14.9. The number of nitrogens with two attached hydrogens (primary N) is 1. The molecule has 0 aliphatic carbocycles. The van der Waals surface area contributed by atoms with Crippen LogP contribution in [0.5, 0.6) is 0 Å². The van der Waals surface area contributed by atoms with E-state index in [9.17, 15) is 0 Å². The van der Waals surface area contributed by atoms with E-state index in [0.29, 0.717) is 6.04 Å². The van der Waals surface area contributed by atoms with Crippen LogP contribution in [0.1, 0.15) is 51.0 Å². The number of methoxy groups -OCH3 is 1. The summed E-state index contributed by atoms with van der Waals surface area (Å²) in [5.74, 6) is 0. The number of nitrogens with zero attached hydrogens (tertiary/aromatic N) is 1. The predicted octanol–water partition coefficient (Wildman–Crippen LogP) is 4.43. The molecule has 0 saturated carbocycles. The molecule has 2 N–H and O–H groups in total. The van der Waals surface area contributed by atoms with Crippen LogP contribution in [0.2, 0.25) is 0 Å². The van der Waals surface area contributed by atoms with Gasteiger partial charge in [0, 0.05) is 30.6 Å². The molecule has 1 rings (SSSR count). The average Bonchev–Trinajstić information content (AvgIpc) is 2.91. The fourth-order valence-electron chi connectivity index (χ4n) is 2.83. The SMILES string of the molecule is CCC(N)C(c1ccc(Br)s1)N(CCOC)C(CC)CC. The third-order valence-electron chi connectivity index (χ3n) is 4.08. The molecule has 5 heteroatoms. The summed E-state index contributed by atoms with van der Waals surface area (Å²) < 4.78 is 6.50. The maximum atomic E-state index is 6.49. The molecule has 2 atom stereocenters. The Bertz CT molecular complexity index is 395. The Hall–Kier alpha value is 0.0600. The summed E-state index contributed by atoms with van der Waals surface area (Å²) in [4.78, 5) is 3.90. The molecular weight excluding hydrogens is 348 g/mol. The van der Waals surface area contributed by atoms with Gasteiger partial charge in [-0.15, -0.1) is 11.3 Å². The Kier molecular flexibility index (Phi) is 9.06. The standard InChI is InChI=1S/C16H29BrN2OS/c1-5-12(6-2)19(10-11-20-4)16(13(18)7-3)14-8-9-15(17)21-14/h8-9,12-13,16H,5-7,10-11,18H2,1-4H3. The van der Waals surface area contributed by atoms with E-state index in [1.54, 1.807) is 18.4 Å². The van der Waals surface area contributed by atoms with Crippen molar-refractivity contribution in [3.8, 4) is 0 Å². The molecule has 21 heavy (non-hydrogen) atoms. The molecule has 0 spiro atoms. The second kappa shape index (κ2) is 9.95. The lowest BCUT2D eigenvalue weighted by Gasteiger charge is -2.39. The molecule has 1 aromatic heterocycles. The number of ether oxygens (including phenoxy) is 1. The maximum absolute atomic E-state index is 6.49. The number of halogens is 1. The van der Waals surface area contributed by atoms with Gasteiger partial charge in [0.05, 0.1) is 16.4 Å². The van der Waals surface area contributed by atoms with Gasteiger partial charge in [0.15, 0.2) is 0 Å². The van der Waals surface area contributed by atoms with Crippen molar-refractivity contribution in [2.75, 3.05) is 20.3 Å². The third kappa shape index (κ3) is 5.32. The van der Waals surface area contributed by atoms with Crippen molar-refractivity contribution < 1.29 is 4.74 Å². The summed E-state index contributed by atoms with van der Waals surface area (Å²) >= 11 is 5.37. The minimum atomic E-state index is 0.146. The van der Waals surface area contributed by atoms with Gasteiger partial charge in [-0.25, -0.2) is 0 Å². The molecular formula is C16H29BrN2OS. The van der Waals surface area contributed by atoms with Crippen LogP contribution in [0.15, 0.2) is 15.9 Å². The molecule has 0 bridgehead atoms. The molecule has 3 nitrogen and oxygen atoms in total. The van der Waals surface area contributed by atoms with E-state index in [4.69, 9.17) is 10.5 Å². The van der Waals surface area contributed by atoms with Gasteiger partial charge in [-0.2, -0.15) is 0 Å². The number of hydrogen-bond donors (Lipinski definition) is 1. The van der Waals surface area contributed by atoms with Gasteiger partial charge in [-0.3, -0.25) is 4.90 Å². The van der Waals surface area contributed by atoms with Crippen LogP contribution in [0.25, 0.3) is 0 Å². The molecule has 0 fully saturated rings. The molecule has 1 aromatic rings. The first kappa shape index (κ1) is 19.1. The van der Waals surface area contributed by atoms with Gasteiger partial charge in [-0.1, -0.05) is 20.8 Å². The summed E-state index contributed by atoms with van der Waals surface area (Å²) in [6.07, 6.45) is 3.25. The molecule has 0 aromatic carbocycles. The lowest BCUT2D eigenvalue weighted by molar-refractivity contribution is 0.0686. The van der Waals surface area contributed by atoms with Crippen molar-refractivity contribution in [3.63, 3.8) is 0 Å². The summed E-state index contributed by atoms with van der Waals surface area (Å²) in [5.41, 5.74) is 6.49. The molecule has 0 amide bonds. The van der Waals surface area contributed by atoms with Gasteiger partial charge in [-0.05, 0) is 47.3 Å². The van der Waals surface area contributed by atoms with E-state index in [0.717, 1.165) is 32.4 Å². The van der Waals surface area contributed by atoms with Crippen molar-refractivity contribution in [2.45, 2.75) is 58.2 Å². The molecule has 2 unspecified atom stereocenters. The van der Waals surface area contributed by atoms with E-state index >= 15 is 0 Å². The van der Waals surface area contributed by atoms with E-state index in [1.807, 2.05) is 0 Å². The van der Waals surface area contributed by atoms with Gasteiger partial charge >= 0.3 is 0 Å². The van der Waals surface area contributed by atoms with Crippen LogP contribution < -0.4 is 5.73 Å². The Balaban J connectivity index is 3.09. The number of hydrogen-bond acceptors (Lipinski definition) is 4. The highest BCUT2D eigenvalue weighted by Crippen LogP contribution is 2.35. The first-order valence-corrected chi connectivity index (χ1v) is 9.45. The van der Waals surface area contributed by atoms with Crippen molar-refractivity contribution in [1.82, 2.24) is 4.90 Å². The molecule has 0 radical (unpaired) electrons. The first-order valence-electron chi connectivity index (χ1n) is 7.84. The Morgan fingerprint density at radius 3 is 2.33 bits per heavy atom. The summed E-state index contributed by atoms with van der Waals surface area (Å²) in [6, 6.07) is 5.29. The Morgan fingerprint density at radius 2 is 1.90 bits per heavy atom. The zero-order chi connectivity index (χ0) is 15.8. The lowest BCUT2D eigenvalue weighted by atomic mass is 9.99. The van der Waals surface area contributed by atoms with Crippen LogP contribution in [0.3, 0.4) is 0 Å². The molecule has 1 heterocycles. The van der Waals surface area contributed by atoms with Crippen molar-refractivity contribution >= 4 is 27.3 Å². The van der Waals surface area contributed by atoms with Crippen LogP contribution in [0, 0.1) is 0 Å². The Morgan fingerprint density at radius 1 is 1.24 bits per heavy atom. The molecule has 0 aliphatic heterocycles. The largest absolute Gasteiger partial charge is 0.383 e. The van der Waals surface area contributed by atoms with E-state index in [1.165, 1.54) is 8.66 Å². The molecule has 0 aliphatic rings. The van der Waals surface area contributed by atoms with Crippen LogP contribution in [-0.2, 0) is 4.74 Å². The van der Waals surface area contributed by atoms with Gasteiger partial charge in [0.2, 0.25) is 0 Å². The van der Waals surface area contributed by atoms with Gasteiger partial charge < -0.3 is 10.5 Å². The smallest absolute Gasteiger partial charge is 0.0702 e. The van der Waals surface area contributed by atoms with E-state index in [-0.39, 0.29) is 12.1 Å².